The van der Waals surface area contributed by atoms with Gasteiger partial charge in [-0.15, -0.1) is 0 Å². The second-order valence-electron chi connectivity index (χ2n) is 17.2. The Labute approximate surface area is 390 Å². The lowest BCUT2D eigenvalue weighted by molar-refractivity contribution is 1.18. The number of fused-ring (bicyclic) bond motifs is 6. The summed E-state index contributed by atoms with van der Waals surface area (Å²) < 4.78 is 4.74. The van der Waals surface area contributed by atoms with Crippen LogP contribution >= 0.6 is 0 Å². The maximum atomic E-state index is 4.08. The van der Waals surface area contributed by atoms with Gasteiger partial charge in [-0.2, -0.15) is 0 Å². The van der Waals surface area contributed by atoms with Crippen molar-refractivity contribution in [3.63, 3.8) is 0 Å². The number of benzene rings is 10. The molecule has 10 aromatic carbocycles. The molecular weight excluding hydrogens is 813 g/mol. The molecule has 4 nitrogen and oxygen atoms in total. The molecule has 0 saturated carbocycles. The summed E-state index contributed by atoms with van der Waals surface area (Å²) >= 11 is 0. The Kier molecular flexibility index (Phi) is 9.84. The summed E-state index contributed by atoms with van der Waals surface area (Å²) in [5.41, 5.74) is 18.2. The van der Waals surface area contributed by atoms with Crippen molar-refractivity contribution in [1.82, 2.24) is 9.13 Å². The summed E-state index contributed by atoms with van der Waals surface area (Å²) in [6.07, 6.45) is 1.92. The Hall–Kier alpha value is -8.86. The van der Waals surface area contributed by atoms with Crippen LogP contribution in [0.4, 0.5) is 34.1 Å². The largest absolute Gasteiger partial charge is 0.310 e. The maximum Gasteiger partial charge on any atom is 0.0542 e. The highest BCUT2D eigenvalue weighted by Gasteiger charge is 2.20. The minimum Gasteiger partial charge on any atom is -0.310 e. The van der Waals surface area contributed by atoms with Gasteiger partial charge in [0.2, 0.25) is 0 Å². The van der Waals surface area contributed by atoms with E-state index in [1.807, 2.05) is 6.08 Å². The van der Waals surface area contributed by atoms with Crippen molar-refractivity contribution >= 4 is 83.8 Å². The summed E-state index contributed by atoms with van der Waals surface area (Å²) in [4.78, 5) is 4.71. The van der Waals surface area contributed by atoms with E-state index in [0.717, 1.165) is 67.7 Å². The van der Waals surface area contributed by atoms with Gasteiger partial charge in [0.05, 0.1) is 22.1 Å². The van der Waals surface area contributed by atoms with Crippen LogP contribution < -0.4 is 9.80 Å². The minimum atomic E-state index is 1.08. The number of nitrogens with zero attached hydrogens (tertiary/aromatic N) is 4. The van der Waals surface area contributed by atoms with Gasteiger partial charge in [0, 0.05) is 67.0 Å². The molecule has 0 N–H and O–H groups in total. The standard InChI is InChI=1S/C63H46N4/c1-3-45-25-37-61-57(41-45)59-43-55(35-39-63(59)67(61)51-22-14-7-15-23-51)65(49-18-10-5-11-19-49)53-32-28-47(29-33-53)46-26-30-52(31-27-46)64(48-16-8-4-9-17-48)54-34-38-62-58(42-54)56-40-44(2)24-36-60(56)66(62)50-20-12-6-13-21-50/h3-43H,1H2,2H3. The van der Waals surface area contributed by atoms with Crippen LogP contribution in [0.3, 0.4) is 0 Å². The first kappa shape index (κ1) is 39.7. The van der Waals surface area contributed by atoms with Crippen molar-refractivity contribution in [2.75, 3.05) is 9.80 Å². The van der Waals surface area contributed by atoms with E-state index in [-0.39, 0.29) is 0 Å². The van der Waals surface area contributed by atoms with Crippen LogP contribution in [0.1, 0.15) is 11.1 Å². The molecule has 4 heteroatoms. The van der Waals surface area contributed by atoms with Gasteiger partial charge >= 0.3 is 0 Å². The fourth-order valence-electron chi connectivity index (χ4n) is 9.92. The molecule has 0 fully saturated rings. The number of rotatable bonds is 10. The van der Waals surface area contributed by atoms with E-state index in [9.17, 15) is 0 Å². The molecule has 0 radical (unpaired) electrons. The molecule has 2 heterocycles. The molecular formula is C63H46N4. The zero-order chi connectivity index (χ0) is 44.8. The van der Waals surface area contributed by atoms with Crippen LogP contribution in [0.25, 0.3) is 72.2 Å². The van der Waals surface area contributed by atoms with Crippen molar-refractivity contribution in [3.8, 4) is 22.5 Å². The van der Waals surface area contributed by atoms with Crippen molar-refractivity contribution in [3.05, 3.63) is 260 Å². The van der Waals surface area contributed by atoms with Gasteiger partial charge < -0.3 is 18.9 Å². The van der Waals surface area contributed by atoms with E-state index in [2.05, 4.69) is 275 Å². The first-order valence-electron chi connectivity index (χ1n) is 22.9. The normalized spacial score (nSPS) is 11.4. The van der Waals surface area contributed by atoms with E-state index in [1.165, 1.54) is 43.7 Å². The van der Waals surface area contributed by atoms with Crippen LogP contribution in [0.2, 0.25) is 0 Å². The Morgan fingerprint density at radius 3 is 1.10 bits per heavy atom. The van der Waals surface area contributed by atoms with Gasteiger partial charge in [0.25, 0.3) is 0 Å². The lowest BCUT2D eigenvalue weighted by Gasteiger charge is -2.26. The Bertz CT molecular complexity index is 3740. The van der Waals surface area contributed by atoms with Crippen molar-refractivity contribution in [2.24, 2.45) is 0 Å². The SMILES string of the molecule is C=Cc1ccc2c(c1)c1cc(N(c3ccccc3)c3ccc(-c4ccc(N(c5ccccc5)c5ccc6c(c5)c5cc(C)ccc5n6-c5ccccc5)cc4)cc3)ccc1n2-c1ccccc1. The molecule has 0 amide bonds. The Morgan fingerprint density at radius 2 is 0.672 bits per heavy atom. The van der Waals surface area contributed by atoms with Gasteiger partial charge in [-0.3, -0.25) is 0 Å². The monoisotopic (exact) mass is 858 g/mol. The van der Waals surface area contributed by atoms with Crippen LogP contribution in [0.15, 0.2) is 249 Å². The van der Waals surface area contributed by atoms with Crippen molar-refractivity contribution in [1.29, 1.82) is 0 Å². The molecule has 318 valence electrons. The topological polar surface area (TPSA) is 16.3 Å². The lowest BCUT2D eigenvalue weighted by atomic mass is 10.0. The zero-order valence-corrected chi connectivity index (χ0v) is 37.2. The van der Waals surface area contributed by atoms with Gasteiger partial charge in [0.15, 0.2) is 0 Å². The number of aryl methyl sites for hydroxylation is 1. The molecule has 12 aromatic rings. The van der Waals surface area contributed by atoms with Gasteiger partial charge in [0.1, 0.15) is 0 Å². The summed E-state index contributed by atoms with van der Waals surface area (Å²) in [5.74, 6) is 0. The van der Waals surface area contributed by atoms with Crippen molar-refractivity contribution < 1.29 is 0 Å². The quantitative estimate of drug-likeness (QED) is 0.136. The fourth-order valence-corrected chi connectivity index (χ4v) is 9.92. The third kappa shape index (κ3) is 7.04. The molecule has 0 unspecified atom stereocenters. The highest BCUT2D eigenvalue weighted by Crippen LogP contribution is 2.43. The van der Waals surface area contributed by atoms with Crippen molar-refractivity contribution in [2.45, 2.75) is 6.92 Å². The van der Waals surface area contributed by atoms with Crippen LogP contribution in [-0.4, -0.2) is 9.13 Å². The highest BCUT2D eigenvalue weighted by atomic mass is 15.1. The molecule has 12 rings (SSSR count). The Balaban J connectivity index is 0.911. The molecule has 67 heavy (non-hydrogen) atoms. The maximum absolute atomic E-state index is 4.08. The second-order valence-corrected chi connectivity index (χ2v) is 17.2. The lowest BCUT2D eigenvalue weighted by Crippen LogP contribution is -2.10. The van der Waals surface area contributed by atoms with Crippen LogP contribution in [0, 0.1) is 6.92 Å². The number of hydrogen-bond donors (Lipinski definition) is 0. The van der Waals surface area contributed by atoms with Crippen LogP contribution in [0.5, 0.6) is 0 Å². The molecule has 0 aliphatic heterocycles. The predicted molar refractivity (Wildman–Crippen MR) is 285 cm³/mol. The molecule has 0 atom stereocenters. The molecule has 0 aliphatic rings. The number of para-hydroxylation sites is 4. The summed E-state index contributed by atoms with van der Waals surface area (Å²) in [6.45, 7) is 6.26. The summed E-state index contributed by atoms with van der Waals surface area (Å²) in [7, 11) is 0. The number of aromatic nitrogens is 2. The molecule has 0 saturated heterocycles. The van der Waals surface area contributed by atoms with E-state index in [4.69, 9.17) is 0 Å². The number of hydrogen-bond acceptors (Lipinski definition) is 2. The van der Waals surface area contributed by atoms with E-state index < -0.39 is 0 Å². The third-order valence-corrected chi connectivity index (χ3v) is 13.1. The Morgan fingerprint density at radius 1 is 0.328 bits per heavy atom. The first-order valence-corrected chi connectivity index (χ1v) is 22.9. The number of anilines is 6. The summed E-state index contributed by atoms with van der Waals surface area (Å²) in [5, 5.41) is 4.86. The minimum absolute atomic E-state index is 1.08. The van der Waals surface area contributed by atoms with E-state index >= 15 is 0 Å². The van der Waals surface area contributed by atoms with Crippen LogP contribution in [-0.2, 0) is 0 Å². The smallest absolute Gasteiger partial charge is 0.0542 e. The third-order valence-electron chi connectivity index (χ3n) is 13.1. The molecule has 0 bridgehead atoms. The average molecular weight is 859 g/mol. The molecule has 0 aliphatic carbocycles. The zero-order valence-electron chi connectivity index (χ0n) is 37.2. The van der Waals surface area contributed by atoms with E-state index in [1.54, 1.807) is 0 Å². The molecule has 2 aromatic heterocycles. The fraction of sp³-hybridized carbons (Fsp3) is 0.0159. The summed E-state index contributed by atoms with van der Waals surface area (Å²) in [6, 6.07) is 87.6. The van der Waals surface area contributed by atoms with Gasteiger partial charge in [-0.25, -0.2) is 0 Å². The molecule has 0 spiro atoms. The first-order chi connectivity index (χ1) is 33.1. The average Bonchev–Trinajstić information content (AvgIpc) is 3.89. The predicted octanol–water partition coefficient (Wildman–Crippen LogP) is 17.4. The van der Waals surface area contributed by atoms with Gasteiger partial charge in [-0.05, 0) is 157 Å². The van der Waals surface area contributed by atoms with Gasteiger partial charge in [-0.1, -0.05) is 127 Å². The second kappa shape index (κ2) is 16.6. The van der Waals surface area contributed by atoms with E-state index in [0.29, 0.717) is 0 Å². The highest BCUT2D eigenvalue weighted by molar-refractivity contribution is 6.12.